The highest BCUT2D eigenvalue weighted by atomic mass is 16.5. The maximum Gasteiger partial charge on any atom is 0.123 e. The molecule has 112 valence electrons. The summed E-state index contributed by atoms with van der Waals surface area (Å²) in [6.07, 6.45) is 4.05. The third kappa shape index (κ3) is 4.60. The van der Waals surface area contributed by atoms with Crippen molar-refractivity contribution in [3.63, 3.8) is 0 Å². The van der Waals surface area contributed by atoms with Gasteiger partial charge in [-0.1, -0.05) is 6.42 Å². The fourth-order valence-electron chi connectivity index (χ4n) is 2.81. The molecule has 1 saturated heterocycles. The fourth-order valence-corrected chi connectivity index (χ4v) is 2.81. The first-order chi connectivity index (χ1) is 9.67. The van der Waals surface area contributed by atoms with Crippen LogP contribution in [0.15, 0.2) is 18.2 Å². The quantitative estimate of drug-likeness (QED) is 0.785. The molecule has 1 aliphatic rings. The molecule has 4 heteroatoms. The average Bonchev–Trinajstić information content (AvgIpc) is 2.39. The lowest BCUT2D eigenvalue weighted by molar-refractivity contribution is 0.223. The summed E-state index contributed by atoms with van der Waals surface area (Å²) in [4.78, 5) is 2.54. The van der Waals surface area contributed by atoms with E-state index in [9.17, 15) is 0 Å². The molecule has 1 fully saturated rings. The number of hydrogen-bond acceptors (Lipinski definition) is 4. The minimum absolute atomic E-state index is 0.407. The fraction of sp³-hybridized carbons (Fsp3) is 0.625. The smallest absolute Gasteiger partial charge is 0.123 e. The van der Waals surface area contributed by atoms with E-state index in [0.29, 0.717) is 12.6 Å². The van der Waals surface area contributed by atoms with Gasteiger partial charge in [0, 0.05) is 36.1 Å². The molecule has 2 rings (SSSR count). The minimum atomic E-state index is 0.407. The molecule has 1 aromatic rings. The van der Waals surface area contributed by atoms with Gasteiger partial charge in [0.2, 0.25) is 0 Å². The third-order valence-electron chi connectivity index (χ3n) is 3.63. The zero-order valence-electron chi connectivity index (χ0n) is 12.7. The Morgan fingerprint density at radius 2 is 2.00 bits per heavy atom. The zero-order valence-corrected chi connectivity index (χ0v) is 12.7. The predicted molar refractivity (Wildman–Crippen MR) is 85.4 cm³/mol. The molecule has 3 N–H and O–H groups in total. The molecule has 0 radical (unpaired) electrons. The highest BCUT2D eigenvalue weighted by molar-refractivity contribution is 5.59. The van der Waals surface area contributed by atoms with Crippen LogP contribution in [0, 0.1) is 0 Å². The SMILES string of the molecule is CCOc1cc(N)cc(NC(C)CN2CCCCC2)c1. The van der Waals surface area contributed by atoms with Gasteiger partial charge >= 0.3 is 0 Å². The molecular weight excluding hydrogens is 250 g/mol. The Hall–Kier alpha value is -1.42. The lowest BCUT2D eigenvalue weighted by Crippen LogP contribution is -2.38. The summed E-state index contributed by atoms with van der Waals surface area (Å²) in [6, 6.07) is 6.26. The van der Waals surface area contributed by atoms with Crippen molar-refractivity contribution in [2.75, 3.05) is 37.3 Å². The Labute approximate surface area is 122 Å². The third-order valence-corrected chi connectivity index (χ3v) is 3.63. The van der Waals surface area contributed by atoms with Crippen LogP contribution in [0.5, 0.6) is 5.75 Å². The summed E-state index contributed by atoms with van der Waals surface area (Å²) in [6.45, 7) is 8.40. The van der Waals surface area contributed by atoms with Crippen molar-refractivity contribution in [3.05, 3.63) is 18.2 Å². The number of ether oxygens (including phenoxy) is 1. The average molecular weight is 277 g/mol. The summed E-state index contributed by atoms with van der Waals surface area (Å²) >= 11 is 0. The number of benzene rings is 1. The van der Waals surface area contributed by atoms with Crippen LogP contribution in [0.2, 0.25) is 0 Å². The lowest BCUT2D eigenvalue weighted by Gasteiger charge is -2.29. The second-order valence-electron chi connectivity index (χ2n) is 5.63. The zero-order chi connectivity index (χ0) is 14.4. The molecule has 1 aromatic carbocycles. The molecule has 0 saturated carbocycles. The van der Waals surface area contributed by atoms with E-state index in [2.05, 4.69) is 17.1 Å². The number of anilines is 2. The molecule has 1 heterocycles. The van der Waals surface area contributed by atoms with E-state index in [1.807, 2.05) is 25.1 Å². The van der Waals surface area contributed by atoms with E-state index in [0.717, 1.165) is 23.7 Å². The normalized spacial score (nSPS) is 17.7. The van der Waals surface area contributed by atoms with Gasteiger partial charge in [-0.05, 0) is 45.8 Å². The molecule has 1 atom stereocenters. The Morgan fingerprint density at radius 1 is 1.25 bits per heavy atom. The number of nitrogens with two attached hydrogens (primary N) is 1. The van der Waals surface area contributed by atoms with E-state index >= 15 is 0 Å². The molecule has 20 heavy (non-hydrogen) atoms. The first kappa shape index (κ1) is 15.0. The number of hydrogen-bond donors (Lipinski definition) is 2. The first-order valence-corrected chi connectivity index (χ1v) is 7.69. The number of nitrogens with zero attached hydrogens (tertiary/aromatic N) is 1. The predicted octanol–water partition coefficient (Wildman–Crippen LogP) is 2.95. The minimum Gasteiger partial charge on any atom is -0.494 e. The second-order valence-corrected chi connectivity index (χ2v) is 5.63. The van der Waals surface area contributed by atoms with Crippen molar-refractivity contribution in [2.45, 2.75) is 39.2 Å². The van der Waals surface area contributed by atoms with Gasteiger partial charge in [0.25, 0.3) is 0 Å². The van der Waals surface area contributed by atoms with Crippen LogP contribution in [0.3, 0.4) is 0 Å². The number of piperidine rings is 1. The number of nitrogens with one attached hydrogen (secondary N) is 1. The molecule has 1 unspecified atom stereocenters. The molecule has 1 aliphatic heterocycles. The standard InChI is InChI=1S/C16H27N3O/c1-3-20-16-10-14(17)9-15(11-16)18-13(2)12-19-7-5-4-6-8-19/h9-11,13,18H,3-8,12,17H2,1-2H3. The van der Waals surface area contributed by atoms with Crippen LogP contribution >= 0.6 is 0 Å². The molecule has 0 aliphatic carbocycles. The Balaban J connectivity index is 1.90. The Kier molecular flexibility index (Phi) is 5.53. The first-order valence-electron chi connectivity index (χ1n) is 7.69. The molecule has 4 nitrogen and oxygen atoms in total. The Bertz CT molecular complexity index is 416. The van der Waals surface area contributed by atoms with Crippen molar-refractivity contribution < 1.29 is 4.74 Å². The number of likely N-dealkylation sites (tertiary alicyclic amines) is 1. The van der Waals surface area contributed by atoms with Crippen LogP contribution in [0.1, 0.15) is 33.1 Å². The van der Waals surface area contributed by atoms with Crippen molar-refractivity contribution in [1.29, 1.82) is 0 Å². The maximum atomic E-state index is 5.92. The summed E-state index contributed by atoms with van der Waals surface area (Å²) < 4.78 is 5.53. The van der Waals surface area contributed by atoms with Crippen molar-refractivity contribution in [3.8, 4) is 5.75 Å². The molecule has 0 bridgehead atoms. The van der Waals surface area contributed by atoms with Crippen LogP contribution in [-0.2, 0) is 0 Å². The van der Waals surface area contributed by atoms with Crippen molar-refractivity contribution >= 4 is 11.4 Å². The maximum absolute atomic E-state index is 5.92. The van der Waals surface area contributed by atoms with Gasteiger partial charge in [0.1, 0.15) is 5.75 Å². The molecule has 0 spiro atoms. The van der Waals surface area contributed by atoms with Crippen LogP contribution in [-0.4, -0.2) is 37.2 Å². The van der Waals surface area contributed by atoms with E-state index in [4.69, 9.17) is 10.5 Å². The van der Waals surface area contributed by atoms with Crippen LogP contribution < -0.4 is 15.8 Å². The monoisotopic (exact) mass is 277 g/mol. The van der Waals surface area contributed by atoms with Crippen molar-refractivity contribution in [1.82, 2.24) is 4.90 Å². The summed E-state index contributed by atoms with van der Waals surface area (Å²) in [5.74, 6) is 0.833. The molecular formula is C16H27N3O. The Morgan fingerprint density at radius 3 is 2.70 bits per heavy atom. The lowest BCUT2D eigenvalue weighted by atomic mass is 10.1. The van der Waals surface area contributed by atoms with Crippen LogP contribution in [0.4, 0.5) is 11.4 Å². The highest BCUT2D eigenvalue weighted by Gasteiger charge is 2.13. The van der Waals surface area contributed by atoms with Gasteiger partial charge in [-0.15, -0.1) is 0 Å². The van der Waals surface area contributed by atoms with Crippen molar-refractivity contribution in [2.24, 2.45) is 0 Å². The topological polar surface area (TPSA) is 50.5 Å². The van der Waals surface area contributed by atoms with E-state index in [1.54, 1.807) is 0 Å². The van der Waals surface area contributed by atoms with Gasteiger partial charge in [-0.25, -0.2) is 0 Å². The summed E-state index contributed by atoms with van der Waals surface area (Å²) in [5, 5.41) is 3.53. The van der Waals surface area contributed by atoms with E-state index in [1.165, 1.54) is 32.4 Å². The summed E-state index contributed by atoms with van der Waals surface area (Å²) in [7, 11) is 0. The number of nitrogen functional groups attached to an aromatic ring is 1. The van der Waals surface area contributed by atoms with E-state index in [-0.39, 0.29) is 0 Å². The van der Waals surface area contributed by atoms with Crippen LogP contribution in [0.25, 0.3) is 0 Å². The molecule has 0 amide bonds. The van der Waals surface area contributed by atoms with Gasteiger partial charge in [0.05, 0.1) is 6.61 Å². The van der Waals surface area contributed by atoms with Gasteiger partial charge in [-0.2, -0.15) is 0 Å². The highest BCUT2D eigenvalue weighted by Crippen LogP contribution is 2.23. The second kappa shape index (κ2) is 7.39. The van der Waals surface area contributed by atoms with Gasteiger partial charge in [0.15, 0.2) is 0 Å². The van der Waals surface area contributed by atoms with Gasteiger partial charge in [-0.3, -0.25) is 0 Å². The largest absolute Gasteiger partial charge is 0.494 e. The molecule has 0 aromatic heterocycles. The van der Waals surface area contributed by atoms with Gasteiger partial charge < -0.3 is 20.7 Å². The van der Waals surface area contributed by atoms with E-state index < -0.39 is 0 Å². The number of rotatable bonds is 6. The summed E-state index contributed by atoms with van der Waals surface area (Å²) in [5.41, 5.74) is 7.70.